The summed E-state index contributed by atoms with van der Waals surface area (Å²) in [6.45, 7) is -0.308. The fourth-order valence-corrected chi connectivity index (χ4v) is 6.11. The Labute approximate surface area is 245 Å². The summed E-state index contributed by atoms with van der Waals surface area (Å²) >= 11 is 0. The SMILES string of the molecule is Fc1ccc(CC2CCCCC[C@](OCc3ccccc3)(C(F)(F)F)C3NNC(O3)C3CCC(C(F)(F)F)C(N3)O2)cc1. The van der Waals surface area contributed by atoms with Crippen molar-refractivity contribution in [2.24, 2.45) is 5.92 Å². The molecule has 0 saturated carbocycles. The molecule has 4 bridgehead atoms. The summed E-state index contributed by atoms with van der Waals surface area (Å²) in [5.41, 5.74) is 3.85. The second-order valence-corrected chi connectivity index (χ2v) is 11.5. The topological polar surface area (TPSA) is 63.8 Å². The van der Waals surface area contributed by atoms with E-state index in [9.17, 15) is 30.7 Å². The average Bonchev–Trinajstić information content (AvgIpc) is 3.45. The molecule has 3 fully saturated rings. The fourth-order valence-electron chi connectivity index (χ4n) is 6.11. The second-order valence-electron chi connectivity index (χ2n) is 11.5. The number of rotatable bonds is 5. The van der Waals surface area contributed by atoms with Crippen LogP contribution < -0.4 is 16.2 Å². The van der Waals surface area contributed by atoms with Crippen molar-refractivity contribution < 1.29 is 44.9 Å². The molecule has 2 aromatic carbocycles. The van der Waals surface area contributed by atoms with Gasteiger partial charge in [-0.1, -0.05) is 61.7 Å². The first-order chi connectivity index (χ1) is 20.4. The number of halogens is 7. The molecular weight excluding hydrogens is 583 g/mol. The number of fused-ring (bicyclic) bond motifs is 5. The molecule has 5 rings (SSSR count). The van der Waals surface area contributed by atoms with E-state index < -0.39 is 66.9 Å². The quantitative estimate of drug-likeness (QED) is 0.343. The first kappa shape index (κ1) is 32.1. The van der Waals surface area contributed by atoms with Crippen molar-refractivity contribution in [1.29, 1.82) is 0 Å². The van der Waals surface area contributed by atoms with Crippen LogP contribution in [0.4, 0.5) is 30.7 Å². The van der Waals surface area contributed by atoms with E-state index in [2.05, 4.69) is 16.2 Å². The molecule has 6 unspecified atom stereocenters. The molecule has 0 amide bonds. The maximum atomic E-state index is 14.9. The van der Waals surface area contributed by atoms with Gasteiger partial charge in [-0.3, -0.25) is 5.32 Å². The Morgan fingerprint density at radius 1 is 0.791 bits per heavy atom. The third-order valence-corrected chi connectivity index (χ3v) is 8.49. The summed E-state index contributed by atoms with van der Waals surface area (Å²) < 4.78 is 118. The van der Waals surface area contributed by atoms with Crippen LogP contribution in [0.3, 0.4) is 0 Å². The summed E-state index contributed by atoms with van der Waals surface area (Å²) in [7, 11) is 0. The van der Waals surface area contributed by atoms with Gasteiger partial charge in [-0.15, -0.1) is 0 Å². The van der Waals surface area contributed by atoms with Crippen molar-refractivity contribution in [1.82, 2.24) is 16.2 Å². The van der Waals surface area contributed by atoms with Crippen molar-refractivity contribution in [2.75, 3.05) is 0 Å². The highest BCUT2D eigenvalue weighted by Crippen LogP contribution is 2.44. The van der Waals surface area contributed by atoms with Gasteiger partial charge in [0.1, 0.15) is 18.3 Å². The van der Waals surface area contributed by atoms with Gasteiger partial charge in [0.25, 0.3) is 0 Å². The summed E-state index contributed by atoms with van der Waals surface area (Å²) in [5.74, 6) is -2.26. The Morgan fingerprint density at radius 3 is 2.23 bits per heavy atom. The van der Waals surface area contributed by atoms with E-state index in [0.29, 0.717) is 30.4 Å². The van der Waals surface area contributed by atoms with Gasteiger partial charge in [-0.25, -0.2) is 15.2 Å². The van der Waals surface area contributed by atoms with E-state index in [1.54, 1.807) is 42.5 Å². The number of hydrazine groups is 1. The average molecular weight is 620 g/mol. The largest absolute Gasteiger partial charge is 0.421 e. The molecule has 13 heteroatoms. The molecule has 7 atom stereocenters. The highest BCUT2D eigenvalue weighted by molar-refractivity contribution is 5.17. The molecule has 43 heavy (non-hydrogen) atoms. The van der Waals surface area contributed by atoms with Crippen LogP contribution >= 0.6 is 0 Å². The van der Waals surface area contributed by atoms with Gasteiger partial charge < -0.3 is 14.2 Å². The van der Waals surface area contributed by atoms with E-state index in [0.717, 1.165) is 0 Å². The summed E-state index contributed by atoms with van der Waals surface area (Å²) in [6.07, 6.45) is -13.5. The van der Waals surface area contributed by atoms with Crippen LogP contribution in [0.5, 0.6) is 0 Å². The molecule has 3 aliphatic heterocycles. The van der Waals surface area contributed by atoms with E-state index in [1.807, 2.05) is 0 Å². The predicted molar refractivity (Wildman–Crippen MR) is 143 cm³/mol. The zero-order valence-electron chi connectivity index (χ0n) is 23.4. The predicted octanol–water partition coefficient (Wildman–Crippen LogP) is 6.27. The Bertz CT molecular complexity index is 1170. The number of piperidine rings is 1. The van der Waals surface area contributed by atoms with Gasteiger partial charge in [-0.2, -0.15) is 26.3 Å². The van der Waals surface area contributed by atoms with E-state index in [1.165, 1.54) is 12.1 Å². The van der Waals surface area contributed by atoms with Crippen LogP contribution in [-0.2, 0) is 27.2 Å². The van der Waals surface area contributed by atoms with Gasteiger partial charge in [0, 0.05) is 0 Å². The number of hydrogen-bond acceptors (Lipinski definition) is 6. The Balaban J connectivity index is 1.42. The first-order valence-electron chi connectivity index (χ1n) is 14.6. The lowest BCUT2D eigenvalue weighted by atomic mass is 9.90. The standard InChI is InChI=1S/C30H36F7N3O3/c31-21-12-10-19(11-13-21)17-22-9-5-2-6-16-28(30(35,36)37,41-18-20-7-3-1-4-8-20)27-40-39-26(43-27)24-15-14-23(29(32,33)34)25(38-24)42-22/h1,3-4,7-8,10-13,22-27,38-40H,2,5-6,9,14-18H2/t22?,23?,24?,25?,26?,27?,28-/m1/s1. The van der Waals surface area contributed by atoms with Crippen LogP contribution in [0.1, 0.15) is 56.1 Å². The molecule has 2 aromatic rings. The maximum absolute atomic E-state index is 14.9. The number of hydrogen-bond donors (Lipinski definition) is 3. The van der Waals surface area contributed by atoms with Crippen LogP contribution in [0.15, 0.2) is 54.6 Å². The molecule has 3 aliphatic rings. The molecule has 0 spiro atoms. The van der Waals surface area contributed by atoms with Crippen LogP contribution in [0, 0.1) is 11.7 Å². The maximum Gasteiger partial charge on any atom is 0.421 e. The third kappa shape index (κ3) is 7.69. The van der Waals surface area contributed by atoms with Crippen molar-refractivity contribution >= 4 is 0 Å². The molecule has 0 aliphatic carbocycles. The van der Waals surface area contributed by atoms with E-state index in [4.69, 9.17) is 14.2 Å². The number of ether oxygens (including phenoxy) is 3. The highest BCUT2D eigenvalue weighted by atomic mass is 19.4. The van der Waals surface area contributed by atoms with Crippen molar-refractivity contribution in [3.05, 3.63) is 71.5 Å². The fraction of sp³-hybridized carbons (Fsp3) is 0.600. The van der Waals surface area contributed by atoms with Gasteiger partial charge in [0.05, 0.1) is 24.7 Å². The molecule has 0 radical (unpaired) electrons. The lowest BCUT2D eigenvalue weighted by Gasteiger charge is -2.42. The first-order valence-corrected chi connectivity index (χ1v) is 14.6. The zero-order chi connectivity index (χ0) is 30.7. The summed E-state index contributed by atoms with van der Waals surface area (Å²) in [4.78, 5) is 0. The molecule has 3 heterocycles. The molecule has 3 saturated heterocycles. The monoisotopic (exact) mass is 619 g/mol. The minimum absolute atomic E-state index is 0.0113. The Hall–Kier alpha value is -2.29. The number of benzene rings is 2. The van der Waals surface area contributed by atoms with Crippen LogP contribution in [0.25, 0.3) is 0 Å². The second kappa shape index (κ2) is 13.4. The normalized spacial score (nSPS) is 32.7. The smallest absolute Gasteiger partial charge is 0.359 e. The third-order valence-electron chi connectivity index (χ3n) is 8.49. The molecule has 6 nitrogen and oxygen atoms in total. The van der Waals surface area contributed by atoms with Gasteiger partial charge in [-0.05, 0) is 55.4 Å². The molecule has 238 valence electrons. The minimum atomic E-state index is -4.83. The van der Waals surface area contributed by atoms with Crippen molar-refractivity contribution in [2.45, 2.75) is 107 Å². The van der Waals surface area contributed by atoms with Crippen molar-refractivity contribution in [3.8, 4) is 0 Å². The van der Waals surface area contributed by atoms with Crippen LogP contribution in [-0.4, -0.2) is 48.8 Å². The molecule has 0 aromatic heterocycles. The Morgan fingerprint density at radius 2 is 1.53 bits per heavy atom. The van der Waals surface area contributed by atoms with E-state index >= 15 is 0 Å². The lowest BCUT2D eigenvalue weighted by Crippen LogP contribution is -2.61. The zero-order valence-corrected chi connectivity index (χ0v) is 23.4. The highest BCUT2D eigenvalue weighted by Gasteiger charge is 2.63. The summed E-state index contributed by atoms with van der Waals surface area (Å²) in [5, 5.41) is 2.89. The lowest BCUT2D eigenvalue weighted by molar-refractivity contribution is -0.321. The Kier molecular flexibility index (Phi) is 9.99. The van der Waals surface area contributed by atoms with Gasteiger partial charge in [0.2, 0.25) is 5.60 Å². The van der Waals surface area contributed by atoms with Crippen LogP contribution in [0.2, 0.25) is 0 Å². The minimum Gasteiger partial charge on any atom is -0.359 e. The van der Waals surface area contributed by atoms with Crippen molar-refractivity contribution in [3.63, 3.8) is 0 Å². The number of nitrogens with one attached hydrogen (secondary N) is 3. The van der Waals surface area contributed by atoms with E-state index in [-0.39, 0.29) is 32.3 Å². The van der Waals surface area contributed by atoms with Gasteiger partial charge in [0.15, 0.2) is 6.23 Å². The number of alkyl halides is 6. The summed E-state index contributed by atoms with van der Waals surface area (Å²) in [6, 6.07) is 13.4. The van der Waals surface area contributed by atoms with Gasteiger partial charge >= 0.3 is 12.4 Å². The molecule has 3 N–H and O–H groups in total. The molecular formula is C30H36F7N3O3.